The molecule has 35 heavy (non-hydrogen) atoms. The first-order valence-electron chi connectivity index (χ1n) is 12.2. The SMILES string of the molecule is CCC(C)(C)OC(C(=O)O)c1c(C)cc2cc(C)ccc2c1-c1ccc2c3c(ccnc13)CCO2. The zero-order chi connectivity index (χ0) is 24.9. The predicted octanol–water partition coefficient (Wildman–Crippen LogP) is 6.94. The third-order valence-corrected chi connectivity index (χ3v) is 7.16. The number of aliphatic carboxylic acids is 1. The number of carboxylic acid groups (broad SMARTS) is 1. The summed E-state index contributed by atoms with van der Waals surface area (Å²) in [6.07, 6.45) is 2.23. The molecule has 0 fully saturated rings. The lowest BCUT2D eigenvalue weighted by Gasteiger charge is -2.31. The Morgan fingerprint density at radius 1 is 1.17 bits per heavy atom. The van der Waals surface area contributed by atoms with Crippen molar-refractivity contribution < 1.29 is 19.4 Å². The molecule has 0 saturated carbocycles. The standard InChI is InChI=1S/C30H31NO4/c1-6-30(4,5)35-28(29(32)33)24-18(3)16-20-15-17(2)7-8-21(20)26(24)22-9-10-23-25-19(12-14-34-23)11-13-31-27(22)25/h7-11,13,15-16,28H,6,12,14H2,1-5H3,(H,32,33). The van der Waals surface area contributed by atoms with E-state index >= 15 is 0 Å². The van der Waals surface area contributed by atoms with Crippen molar-refractivity contribution in [2.45, 2.75) is 59.2 Å². The van der Waals surface area contributed by atoms with Gasteiger partial charge in [-0.2, -0.15) is 0 Å². The van der Waals surface area contributed by atoms with E-state index in [0.717, 1.165) is 56.1 Å². The second-order valence-electron chi connectivity index (χ2n) is 10.1. The molecule has 5 rings (SSSR count). The first kappa shape index (κ1) is 23.3. The highest BCUT2D eigenvalue weighted by Gasteiger charge is 2.33. The van der Waals surface area contributed by atoms with Gasteiger partial charge in [0.05, 0.1) is 17.7 Å². The molecule has 3 aromatic carbocycles. The van der Waals surface area contributed by atoms with E-state index in [1.807, 2.05) is 52.1 Å². The number of fused-ring (bicyclic) bond motifs is 1. The highest BCUT2D eigenvalue weighted by molar-refractivity contribution is 6.09. The van der Waals surface area contributed by atoms with Crippen LogP contribution in [0.25, 0.3) is 32.8 Å². The Kier molecular flexibility index (Phi) is 5.76. The molecule has 1 aliphatic rings. The molecule has 0 saturated heterocycles. The van der Waals surface area contributed by atoms with E-state index in [-0.39, 0.29) is 0 Å². The lowest BCUT2D eigenvalue weighted by Crippen LogP contribution is -2.30. The van der Waals surface area contributed by atoms with Gasteiger partial charge in [0, 0.05) is 29.1 Å². The van der Waals surface area contributed by atoms with E-state index in [4.69, 9.17) is 14.5 Å². The summed E-state index contributed by atoms with van der Waals surface area (Å²) in [6.45, 7) is 10.6. The highest BCUT2D eigenvalue weighted by Crippen LogP contribution is 2.45. The number of pyridine rings is 1. The molecule has 0 spiro atoms. The summed E-state index contributed by atoms with van der Waals surface area (Å²) in [6, 6.07) is 14.4. The van der Waals surface area contributed by atoms with Crippen LogP contribution in [0.1, 0.15) is 55.5 Å². The van der Waals surface area contributed by atoms with Crippen LogP contribution in [0, 0.1) is 13.8 Å². The molecule has 1 N–H and O–H groups in total. The second-order valence-corrected chi connectivity index (χ2v) is 10.1. The monoisotopic (exact) mass is 469 g/mol. The maximum absolute atomic E-state index is 12.7. The Labute approximate surface area is 205 Å². The Balaban J connectivity index is 1.89. The fourth-order valence-electron chi connectivity index (χ4n) is 5.05. The minimum absolute atomic E-state index is 0.596. The maximum Gasteiger partial charge on any atom is 0.337 e. The van der Waals surface area contributed by atoms with Gasteiger partial charge in [-0.25, -0.2) is 4.79 Å². The Bertz CT molecular complexity index is 1460. The molecule has 5 heteroatoms. The molecule has 2 heterocycles. The number of hydrogen-bond acceptors (Lipinski definition) is 4. The summed E-state index contributed by atoms with van der Waals surface area (Å²) >= 11 is 0. The summed E-state index contributed by atoms with van der Waals surface area (Å²) in [7, 11) is 0. The van der Waals surface area contributed by atoms with E-state index in [1.165, 1.54) is 5.56 Å². The second kappa shape index (κ2) is 8.65. The zero-order valence-electron chi connectivity index (χ0n) is 20.9. The lowest BCUT2D eigenvalue weighted by molar-refractivity contribution is -0.162. The molecule has 1 aliphatic heterocycles. The van der Waals surface area contributed by atoms with Crippen molar-refractivity contribution in [3.8, 4) is 16.9 Å². The number of hydrogen-bond donors (Lipinski definition) is 1. The van der Waals surface area contributed by atoms with E-state index in [2.05, 4.69) is 31.2 Å². The van der Waals surface area contributed by atoms with Crippen molar-refractivity contribution in [3.63, 3.8) is 0 Å². The fourth-order valence-corrected chi connectivity index (χ4v) is 5.05. The molecule has 0 radical (unpaired) electrons. The maximum atomic E-state index is 12.7. The van der Waals surface area contributed by atoms with Crippen LogP contribution in [0.4, 0.5) is 0 Å². The summed E-state index contributed by atoms with van der Waals surface area (Å²) in [5.74, 6) is -0.174. The number of nitrogens with zero attached hydrogens (tertiary/aromatic N) is 1. The summed E-state index contributed by atoms with van der Waals surface area (Å²) < 4.78 is 12.2. The number of ether oxygens (including phenoxy) is 2. The van der Waals surface area contributed by atoms with Crippen molar-refractivity contribution in [2.75, 3.05) is 6.61 Å². The van der Waals surface area contributed by atoms with Gasteiger partial charge in [-0.05, 0) is 79.8 Å². The topological polar surface area (TPSA) is 68.7 Å². The fraction of sp³-hybridized carbons (Fsp3) is 0.333. The molecule has 0 amide bonds. The predicted molar refractivity (Wildman–Crippen MR) is 139 cm³/mol. The van der Waals surface area contributed by atoms with E-state index in [1.54, 1.807) is 0 Å². The summed E-state index contributed by atoms with van der Waals surface area (Å²) in [4.78, 5) is 17.5. The molecular formula is C30H31NO4. The van der Waals surface area contributed by atoms with Gasteiger partial charge in [-0.1, -0.05) is 36.8 Å². The first-order chi connectivity index (χ1) is 16.7. The smallest absolute Gasteiger partial charge is 0.337 e. The van der Waals surface area contributed by atoms with Crippen LogP contribution in [0.3, 0.4) is 0 Å². The molecule has 0 aliphatic carbocycles. The lowest BCUT2D eigenvalue weighted by atomic mass is 9.85. The quantitative estimate of drug-likeness (QED) is 0.331. The van der Waals surface area contributed by atoms with Gasteiger partial charge in [0.2, 0.25) is 0 Å². The highest BCUT2D eigenvalue weighted by atomic mass is 16.5. The van der Waals surface area contributed by atoms with Gasteiger partial charge in [-0.15, -0.1) is 0 Å². The average molecular weight is 470 g/mol. The van der Waals surface area contributed by atoms with Crippen LogP contribution in [0.2, 0.25) is 0 Å². The Morgan fingerprint density at radius 3 is 2.71 bits per heavy atom. The number of aromatic nitrogens is 1. The molecule has 1 aromatic heterocycles. The van der Waals surface area contributed by atoms with Crippen LogP contribution in [0.15, 0.2) is 48.7 Å². The number of aryl methyl sites for hydroxylation is 2. The summed E-state index contributed by atoms with van der Waals surface area (Å²) in [5, 5.41) is 13.4. The third-order valence-electron chi connectivity index (χ3n) is 7.16. The molecule has 5 nitrogen and oxygen atoms in total. The number of rotatable bonds is 6. The van der Waals surface area contributed by atoms with Gasteiger partial charge in [-0.3, -0.25) is 4.98 Å². The van der Waals surface area contributed by atoms with Gasteiger partial charge in [0.1, 0.15) is 5.75 Å². The molecule has 1 atom stereocenters. The summed E-state index contributed by atoms with van der Waals surface area (Å²) in [5.41, 5.74) is 5.90. The van der Waals surface area contributed by atoms with Gasteiger partial charge in [0.25, 0.3) is 0 Å². The minimum Gasteiger partial charge on any atom is -0.493 e. The minimum atomic E-state index is -1.12. The largest absolute Gasteiger partial charge is 0.493 e. The third kappa shape index (κ3) is 4.04. The van der Waals surface area contributed by atoms with Crippen LogP contribution >= 0.6 is 0 Å². The molecule has 180 valence electrons. The molecule has 4 aromatic rings. The van der Waals surface area contributed by atoms with Crippen molar-refractivity contribution in [3.05, 3.63) is 70.9 Å². The van der Waals surface area contributed by atoms with Crippen molar-refractivity contribution in [1.29, 1.82) is 0 Å². The van der Waals surface area contributed by atoms with Crippen molar-refractivity contribution in [1.82, 2.24) is 4.98 Å². The number of benzene rings is 3. The van der Waals surface area contributed by atoms with E-state index < -0.39 is 17.7 Å². The Morgan fingerprint density at radius 2 is 1.97 bits per heavy atom. The van der Waals surface area contributed by atoms with E-state index in [9.17, 15) is 9.90 Å². The van der Waals surface area contributed by atoms with Crippen LogP contribution < -0.4 is 4.74 Å². The Hall–Kier alpha value is -3.44. The van der Waals surface area contributed by atoms with Gasteiger partial charge >= 0.3 is 5.97 Å². The number of carboxylic acids is 1. The molecule has 0 bridgehead atoms. The molecular weight excluding hydrogens is 438 g/mol. The zero-order valence-corrected chi connectivity index (χ0v) is 20.9. The number of carbonyl (C=O) groups is 1. The van der Waals surface area contributed by atoms with Crippen LogP contribution in [-0.4, -0.2) is 28.3 Å². The average Bonchev–Trinajstić information content (AvgIpc) is 2.82. The van der Waals surface area contributed by atoms with Crippen LogP contribution in [-0.2, 0) is 16.0 Å². The van der Waals surface area contributed by atoms with E-state index in [0.29, 0.717) is 18.6 Å². The first-order valence-corrected chi connectivity index (χ1v) is 12.2. The molecule has 1 unspecified atom stereocenters. The van der Waals surface area contributed by atoms with Crippen molar-refractivity contribution >= 4 is 27.6 Å². The normalized spacial score (nSPS) is 14.2. The van der Waals surface area contributed by atoms with Crippen molar-refractivity contribution in [2.24, 2.45) is 0 Å². The van der Waals surface area contributed by atoms with Gasteiger partial charge in [0.15, 0.2) is 6.10 Å². The van der Waals surface area contributed by atoms with Gasteiger partial charge < -0.3 is 14.6 Å². The van der Waals surface area contributed by atoms with Crippen LogP contribution in [0.5, 0.6) is 5.75 Å².